The molecule has 0 radical (unpaired) electrons. The lowest BCUT2D eigenvalue weighted by atomic mass is 9.86. The lowest BCUT2D eigenvalue weighted by Gasteiger charge is -2.26. The summed E-state index contributed by atoms with van der Waals surface area (Å²) >= 11 is 6.05. The second-order valence-corrected chi connectivity index (χ2v) is 7.46. The number of carbonyl (C=O) groups is 2. The zero-order valence-corrected chi connectivity index (χ0v) is 16.2. The molecule has 1 aliphatic heterocycles. The molecular weight excluding hydrogens is 354 g/mol. The minimum Gasteiger partial charge on any atom is -0.356 e. The van der Waals surface area contributed by atoms with Gasteiger partial charge in [-0.1, -0.05) is 37.6 Å². The van der Waals surface area contributed by atoms with Crippen molar-refractivity contribution in [3.05, 3.63) is 34.9 Å². The fraction of sp³-hybridized carbons (Fsp3) is 0.500. The summed E-state index contributed by atoms with van der Waals surface area (Å²) in [6.07, 6.45) is 0.875. The number of guanidine groups is 1. The number of nitrogens with zero attached hydrogens (tertiary/aromatic N) is 2. The Kier molecular flexibility index (Phi) is 6.85. The van der Waals surface area contributed by atoms with E-state index in [1.165, 1.54) is 10.5 Å². The first-order chi connectivity index (χ1) is 12.3. The average molecular weight is 380 g/mol. The summed E-state index contributed by atoms with van der Waals surface area (Å²) in [6, 6.07) is 7.53. The number of rotatable bonds is 7. The monoisotopic (exact) mass is 379 g/mol. The molecule has 8 heteroatoms. The number of aliphatic imine (C=N–C) groups is 1. The highest BCUT2D eigenvalue weighted by atomic mass is 35.5. The van der Waals surface area contributed by atoms with Crippen LogP contribution < -0.4 is 16.0 Å². The highest BCUT2D eigenvalue weighted by Crippen LogP contribution is 2.22. The van der Waals surface area contributed by atoms with Crippen molar-refractivity contribution in [2.75, 3.05) is 33.2 Å². The van der Waals surface area contributed by atoms with Crippen molar-refractivity contribution in [1.82, 2.24) is 20.9 Å². The number of hydrogen-bond donors (Lipinski definition) is 3. The maximum Gasteiger partial charge on any atom is 0.324 e. The first-order valence-corrected chi connectivity index (χ1v) is 8.96. The van der Waals surface area contributed by atoms with Gasteiger partial charge in [0.25, 0.3) is 0 Å². The molecule has 26 heavy (non-hydrogen) atoms. The van der Waals surface area contributed by atoms with Gasteiger partial charge in [-0.2, -0.15) is 0 Å². The molecule has 0 aliphatic carbocycles. The van der Waals surface area contributed by atoms with Crippen molar-refractivity contribution in [1.29, 1.82) is 0 Å². The van der Waals surface area contributed by atoms with Crippen LogP contribution in [0.15, 0.2) is 29.3 Å². The SMILES string of the molecule is CN=C(NCCN1C(=O)CNC1=O)NCC(C)(C)Cc1cccc(Cl)c1. The number of benzene rings is 1. The zero-order valence-electron chi connectivity index (χ0n) is 15.4. The van der Waals surface area contributed by atoms with Gasteiger partial charge in [0, 0.05) is 31.7 Å². The highest BCUT2D eigenvalue weighted by molar-refractivity contribution is 6.30. The van der Waals surface area contributed by atoms with Crippen LogP contribution in [0.1, 0.15) is 19.4 Å². The van der Waals surface area contributed by atoms with E-state index in [0.29, 0.717) is 25.6 Å². The first-order valence-electron chi connectivity index (χ1n) is 8.58. The van der Waals surface area contributed by atoms with Crippen molar-refractivity contribution in [3.8, 4) is 0 Å². The van der Waals surface area contributed by atoms with Crippen LogP contribution in [0.2, 0.25) is 5.02 Å². The van der Waals surface area contributed by atoms with Crippen LogP contribution in [-0.4, -0.2) is 56.0 Å². The van der Waals surface area contributed by atoms with Crippen molar-refractivity contribution in [2.45, 2.75) is 20.3 Å². The van der Waals surface area contributed by atoms with Gasteiger partial charge in [-0.05, 0) is 29.5 Å². The van der Waals surface area contributed by atoms with Gasteiger partial charge in [0.05, 0.1) is 6.54 Å². The molecule has 0 spiro atoms. The van der Waals surface area contributed by atoms with Crippen LogP contribution in [-0.2, 0) is 11.2 Å². The molecule has 3 N–H and O–H groups in total. The molecule has 0 bridgehead atoms. The second kappa shape index (κ2) is 8.89. The lowest BCUT2D eigenvalue weighted by Crippen LogP contribution is -2.45. The molecule has 7 nitrogen and oxygen atoms in total. The van der Waals surface area contributed by atoms with E-state index in [4.69, 9.17) is 11.6 Å². The molecule has 1 aliphatic rings. The molecule has 0 aromatic heterocycles. The minimum absolute atomic E-state index is 0.00684. The van der Waals surface area contributed by atoms with E-state index in [2.05, 4.69) is 40.9 Å². The highest BCUT2D eigenvalue weighted by Gasteiger charge is 2.27. The summed E-state index contributed by atoms with van der Waals surface area (Å²) in [5.41, 5.74) is 1.18. The summed E-state index contributed by atoms with van der Waals surface area (Å²) in [5.74, 6) is 0.429. The Morgan fingerprint density at radius 2 is 2.12 bits per heavy atom. The number of urea groups is 1. The minimum atomic E-state index is -0.345. The Labute approximate surface area is 159 Å². The van der Waals surface area contributed by atoms with E-state index < -0.39 is 0 Å². The van der Waals surface area contributed by atoms with Crippen molar-refractivity contribution in [2.24, 2.45) is 10.4 Å². The molecule has 1 heterocycles. The van der Waals surface area contributed by atoms with E-state index in [9.17, 15) is 9.59 Å². The van der Waals surface area contributed by atoms with Crippen LogP contribution >= 0.6 is 11.6 Å². The molecular formula is C18H26ClN5O2. The zero-order chi connectivity index (χ0) is 19.2. The largest absolute Gasteiger partial charge is 0.356 e. The normalized spacial score (nSPS) is 15.2. The summed E-state index contributed by atoms with van der Waals surface area (Å²) in [5, 5.41) is 9.66. The molecule has 0 unspecified atom stereocenters. The number of amides is 3. The van der Waals surface area contributed by atoms with Gasteiger partial charge in [0.1, 0.15) is 0 Å². The number of nitrogens with one attached hydrogen (secondary N) is 3. The number of imide groups is 1. The third kappa shape index (κ3) is 5.91. The van der Waals surface area contributed by atoms with E-state index in [0.717, 1.165) is 11.4 Å². The standard InChI is InChI=1S/C18H26ClN5O2/c1-18(2,10-13-5-4-6-14(19)9-13)12-23-16(20-3)21-7-8-24-15(25)11-22-17(24)26/h4-6,9H,7-8,10-12H2,1-3H3,(H,22,26)(H2,20,21,23). The third-order valence-electron chi connectivity index (χ3n) is 4.09. The Bertz CT molecular complexity index is 674. The summed E-state index contributed by atoms with van der Waals surface area (Å²) in [7, 11) is 1.69. The molecule has 142 valence electrons. The molecule has 1 fully saturated rings. The second-order valence-electron chi connectivity index (χ2n) is 7.03. The molecule has 1 saturated heterocycles. The van der Waals surface area contributed by atoms with Crippen LogP contribution in [0.5, 0.6) is 0 Å². The molecule has 1 aromatic carbocycles. The van der Waals surface area contributed by atoms with Gasteiger partial charge >= 0.3 is 6.03 Å². The average Bonchev–Trinajstić information content (AvgIpc) is 2.89. The predicted molar refractivity (Wildman–Crippen MR) is 103 cm³/mol. The number of carbonyl (C=O) groups excluding carboxylic acids is 2. The summed E-state index contributed by atoms with van der Waals surface area (Å²) < 4.78 is 0. The van der Waals surface area contributed by atoms with Crippen molar-refractivity contribution < 1.29 is 9.59 Å². The fourth-order valence-electron chi connectivity index (χ4n) is 2.77. The predicted octanol–water partition coefficient (Wildman–Crippen LogP) is 1.63. The molecule has 0 saturated carbocycles. The van der Waals surface area contributed by atoms with E-state index in [1.54, 1.807) is 7.05 Å². The Morgan fingerprint density at radius 3 is 2.73 bits per heavy atom. The van der Waals surface area contributed by atoms with Crippen LogP contribution in [0.3, 0.4) is 0 Å². The van der Waals surface area contributed by atoms with Gasteiger partial charge < -0.3 is 16.0 Å². The maximum atomic E-state index is 11.5. The van der Waals surface area contributed by atoms with Gasteiger partial charge in [-0.15, -0.1) is 0 Å². The van der Waals surface area contributed by atoms with Gasteiger partial charge in [-0.25, -0.2) is 4.79 Å². The quantitative estimate of drug-likeness (QED) is 0.382. The Hall–Kier alpha value is -2.28. The van der Waals surface area contributed by atoms with Crippen molar-refractivity contribution >= 4 is 29.5 Å². The van der Waals surface area contributed by atoms with Crippen molar-refractivity contribution in [3.63, 3.8) is 0 Å². The lowest BCUT2D eigenvalue weighted by molar-refractivity contribution is -0.124. The van der Waals surface area contributed by atoms with Gasteiger partial charge in [-0.3, -0.25) is 14.7 Å². The van der Waals surface area contributed by atoms with E-state index >= 15 is 0 Å². The van der Waals surface area contributed by atoms with Crippen LogP contribution in [0, 0.1) is 5.41 Å². The Morgan fingerprint density at radius 1 is 1.35 bits per heavy atom. The molecule has 1 aromatic rings. The topological polar surface area (TPSA) is 85.8 Å². The molecule has 2 rings (SSSR count). The third-order valence-corrected chi connectivity index (χ3v) is 4.33. The summed E-state index contributed by atoms with van der Waals surface area (Å²) in [6.45, 7) is 5.86. The first kappa shape index (κ1) is 20.0. The molecule has 0 atom stereocenters. The number of halogens is 1. The maximum absolute atomic E-state index is 11.5. The Balaban J connectivity index is 1.78. The molecule has 3 amide bonds. The van der Waals surface area contributed by atoms with Gasteiger partial charge in [0.15, 0.2) is 5.96 Å². The summed E-state index contributed by atoms with van der Waals surface area (Å²) in [4.78, 5) is 28.4. The number of hydrogen-bond acceptors (Lipinski definition) is 3. The smallest absolute Gasteiger partial charge is 0.324 e. The van der Waals surface area contributed by atoms with Crippen LogP contribution in [0.4, 0.5) is 4.79 Å². The van der Waals surface area contributed by atoms with Crippen LogP contribution in [0.25, 0.3) is 0 Å². The fourth-order valence-corrected chi connectivity index (χ4v) is 2.99. The van der Waals surface area contributed by atoms with E-state index in [1.807, 2.05) is 18.2 Å². The van der Waals surface area contributed by atoms with E-state index in [-0.39, 0.29) is 23.9 Å². The van der Waals surface area contributed by atoms with Gasteiger partial charge in [0.2, 0.25) is 5.91 Å².